The van der Waals surface area contributed by atoms with E-state index < -0.39 is 0 Å². The van der Waals surface area contributed by atoms with Crippen LogP contribution >= 0.6 is 0 Å². The summed E-state index contributed by atoms with van der Waals surface area (Å²) in [5.41, 5.74) is 3.31. The standard InChI is InChI=1S/C20H23N3O3/c1-15-3-2-4-18(13-15)22-19(24)14-21-17-7-5-16(6-8-17)20(25)23-9-11-26-12-10-23/h2-8,13,21H,9-12,14H2,1H3,(H,22,24). The van der Waals surface area contributed by atoms with Gasteiger partial charge in [0.15, 0.2) is 0 Å². The Morgan fingerprint density at radius 2 is 1.77 bits per heavy atom. The van der Waals surface area contributed by atoms with Crippen LogP contribution in [0.15, 0.2) is 48.5 Å². The highest BCUT2D eigenvalue weighted by molar-refractivity contribution is 5.95. The topological polar surface area (TPSA) is 70.7 Å². The van der Waals surface area contributed by atoms with Crippen LogP contribution in [-0.4, -0.2) is 49.6 Å². The van der Waals surface area contributed by atoms with Gasteiger partial charge in [-0.1, -0.05) is 12.1 Å². The minimum absolute atomic E-state index is 0.0111. The second-order valence-corrected chi connectivity index (χ2v) is 6.25. The van der Waals surface area contributed by atoms with Gasteiger partial charge in [0.05, 0.1) is 19.8 Å². The van der Waals surface area contributed by atoms with Crippen LogP contribution in [0.3, 0.4) is 0 Å². The van der Waals surface area contributed by atoms with Crippen LogP contribution in [0.5, 0.6) is 0 Å². The molecular weight excluding hydrogens is 330 g/mol. The maximum atomic E-state index is 12.4. The molecule has 0 aromatic heterocycles. The fraction of sp³-hybridized carbons (Fsp3) is 0.300. The van der Waals surface area contributed by atoms with Crippen molar-refractivity contribution < 1.29 is 14.3 Å². The molecule has 1 saturated heterocycles. The predicted octanol–water partition coefficient (Wildman–Crippen LogP) is 2.52. The number of amides is 2. The van der Waals surface area contributed by atoms with E-state index in [9.17, 15) is 9.59 Å². The molecule has 6 heteroatoms. The van der Waals surface area contributed by atoms with E-state index in [4.69, 9.17) is 4.74 Å². The lowest BCUT2D eigenvalue weighted by Crippen LogP contribution is -2.40. The van der Waals surface area contributed by atoms with E-state index in [0.717, 1.165) is 16.9 Å². The van der Waals surface area contributed by atoms with Gasteiger partial charge in [-0.15, -0.1) is 0 Å². The number of nitrogens with one attached hydrogen (secondary N) is 2. The Morgan fingerprint density at radius 3 is 2.46 bits per heavy atom. The Bertz CT molecular complexity index is 768. The Morgan fingerprint density at radius 1 is 1.04 bits per heavy atom. The lowest BCUT2D eigenvalue weighted by atomic mass is 10.1. The van der Waals surface area contributed by atoms with E-state index in [-0.39, 0.29) is 18.4 Å². The number of carbonyl (C=O) groups is 2. The predicted molar refractivity (Wildman–Crippen MR) is 101 cm³/mol. The molecule has 26 heavy (non-hydrogen) atoms. The van der Waals surface area contributed by atoms with Crippen molar-refractivity contribution in [1.82, 2.24) is 4.90 Å². The number of carbonyl (C=O) groups excluding carboxylic acids is 2. The Labute approximate surface area is 153 Å². The van der Waals surface area contributed by atoms with Gasteiger partial charge in [-0.25, -0.2) is 0 Å². The number of hydrogen-bond donors (Lipinski definition) is 2. The molecule has 0 unspecified atom stereocenters. The lowest BCUT2D eigenvalue weighted by molar-refractivity contribution is -0.114. The van der Waals surface area contributed by atoms with Crippen LogP contribution in [0.2, 0.25) is 0 Å². The van der Waals surface area contributed by atoms with Crippen LogP contribution < -0.4 is 10.6 Å². The summed E-state index contributed by atoms with van der Waals surface area (Å²) in [6.45, 7) is 4.55. The normalized spacial score (nSPS) is 14.0. The monoisotopic (exact) mass is 353 g/mol. The molecule has 2 aromatic carbocycles. The average Bonchev–Trinajstić information content (AvgIpc) is 2.67. The summed E-state index contributed by atoms with van der Waals surface area (Å²) in [4.78, 5) is 26.2. The first kappa shape index (κ1) is 17.9. The molecule has 136 valence electrons. The number of rotatable bonds is 5. The minimum Gasteiger partial charge on any atom is -0.378 e. The number of morpholine rings is 1. The van der Waals surface area contributed by atoms with Crippen LogP contribution in [-0.2, 0) is 9.53 Å². The van der Waals surface area contributed by atoms with Crippen molar-refractivity contribution in [2.24, 2.45) is 0 Å². The molecule has 3 rings (SSSR count). The number of aryl methyl sites for hydroxylation is 1. The number of nitrogens with zero attached hydrogens (tertiary/aromatic N) is 1. The SMILES string of the molecule is Cc1cccc(NC(=O)CNc2ccc(C(=O)N3CCOCC3)cc2)c1. The third-order valence-corrected chi connectivity index (χ3v) is 4.19. The van der Waals surface area contributed by atoms with Gasteiger partial charge < -0.3 is 20.3 Å². The summed E-state index contributed by atoms with van der Waals surface area (Å²) in [6, 6.07) is 14.8. The van der Waals surface area contributed by atoms with Crippen molar-refractivity contribution in [3.8, 4) is 0 Å². The molecule has 0 radical (unpaired) electrons. The van der Waals surface area contributed by atoms with E-state index in [1.165, 1.54) is 0 Å². The molecule has 2 N–H and O–H groups in total. The fourth-order valence-electron chi connectivity index (χ4n) is 2.79. The molecule has 1 aliphatic rings. The number of ether oxygens (including phenoxy) is 1. The number of hydrogen-bond acceptors (Lipinski definition) is 4. The zero-order valence-corrected chi connectivity index (χ0v) is 14.8. The van der Waals surface area contributed by atoms with Gasteiger partial charge in [-0.05, 0) is 48.9 Å². The van der Waals surface area contributed by atoms with Gasteiger partial charge in [0.1, 0.15) is 0 Å². The van der Waals surface area contributed by atoms with E-state index in [2.05, 4.69) is 10.6 Å². The van der Waals surface area contributed by atoms with Gasteiger partial charge in [0, 0.05) is 30.0 Å². The molecule has 2 aromatic rings. The third-order valence-electron chi connectivity index (χ3n) is 4.19. The van der Waals surface area contributed by atoms with Crippen molar-refractivity contribution in [2.45, 2.75) is 6.92 Å². The van der Waals surface area contributed by atoms with Gasteiger partial charge in [-0.3, -0.25) is 9.59 Å². The van der Waals surface area contributed by atoms with Crippen molar-refractivity contribution >= 4 is 23.2 Å². The summed E-state index contributed by atoms with van der Waals surface area (Å²) < 4.78 is 5.27. The van der Waals surface area contributed by atoms with Gasteiger partial charge >= 0.3 is 0 Å². The lowest BCUT2D eigenvalue weighted by Gasteiger charge is -2.26. The summed E-state index contributed by atoms with van der Waals surface area (Å²) >= 11 is 0. The van der Waals surface area contributed by atoms with Crippen molar-refractivity contribution in [1.29, 1.82) is 0 Å². The summed E-state index contributed by atoms with van der Waals surface area (Å²) in [5.74, 6) is -0.110. The second kappa shape index (κ2) is 8.49. The molecule has 1 aliphatic heterocycles. The summed E-state index contributed by atoms with van der Waals surface area (Å²) in [5, 5.41) is 5.92. The molecule has 0 aliphatic carbocycles. The highest BCUT2D eigenvalue weighted by Gasteiger charge is 2.18. The van der Waals surface area contributed by atoms with Crippen LogP contribution in [0, 0.1) is 6.92 Å². The first-order valence-corrected chi connectivity index (χ1v) is 8.69. The second-order valence-electron chi connectivity index (χ2n) is 6.25. The maximum Gasteiger partial charge on any atom is 0.254 e. The van der Waals surface area contributed by atoms with Crippen LogP contribution in [0.4, 0.5) is 11.4 Å². The maximum absolute atomic E-state index is 12.4. The largest absolute Gasteiger partial charge is 0.378 e. The molecule has 1 fully saturated rings. The third kappa shape index (κ3) is 4.83. The molecular formula is C20H23N3O3. The molecule has 2 amide bonds. The van der Waals surface area contributed by atoms with Gasteiger partial charge in [0.25, 0.3) is 5.91 Å². The highest BCUT2D eigenvalue weighted by atomic mass is 16.5. The minimum atomic E-state index is -0.121. The summed E-state index contributed by atoms with van der Waals surface area (Å²) in [6.07, 6.45) is 0. The number of anilines is 2. The van der Waals surface area contributed by atoms with Crippen molar-refractivity contribution in [3.05, 3.63) is 59.7 Å². The van der Waals surface area contributed by atoms with E-state index >= 15 is 0 Å². The molecule has 0 bridgehead atoms. The van der Waals surface area contributed by atoms with E-state index in [1.54, 1.807) is 17.0 Å². The quantitative estimate of drug-likeness (QED) is 0.867. The highest BCUT2D eigenvalue weighted by Crippen LogP contribution is 2.13. The molecule has 0 saturated carbocycles. The molecule has 0 atom stereocenters. The van der Waals surface area contributed by atoms with Crippen LogP contribution in [0.1, 0.15) is 15.9 Å². The van der Waals surface area contributed by atoms with Crippen molar-refractivity contribution in [2.75, 3.05) is 43.5 Å². The molecule has 0 spiro atoms. The smallest absolute Gasteiger partial charge is 0.254 e. The number of benzene rings is 2. The zero-order valence-electron chi connectivity index (χ0n) is 14.8. The van der Waals surface area contributed by atoms with E-state index in [1.807, 2.05) is 43.3 Å². The Kier molecular flexibility index (Phi) is 5.86. The first-order valence-electron chi connectivity index (χ1n) is 8.69. The summed E-state index contributed by atoms with van der Waals surface area (Å²) in [7, 11) is 0. The Hall–Kier alpha value is -2.86. The molecule has 1 heterocycles. The fourth-order valence-corrected chi connectivity index (χ4v) is 2.79. The van der Waals surface area contributed by atoms with E-state index in [0.29, 0.717) is 31.9 Å². The molecule has 6 nitrogen and oxygen atoms in total. The van der Waals surface area contributed by atoms with Gasteiger partial charge in [-0.2, -0.15) is 0 Å². The van der Waals surface area contributed by atoms with Crippen molar-refractivity contribution in [3.63, 3.8) is 0 Å². The average molecular weight is 353 g/mol. The van der Waals surface area contributed by atoms with Crippen LogP contribution in [0.25, 0.3) is 0 Å². The van der Waals surface area contributed by atoms with Gasteiger partial charge in [0.2, 0.25) is 5.91 Å². The Balaban J connectivity index is 1.51. The zero-order chi connectivity index (χ0) is 18.4. The first-order chi connectivity index (χ1) is 12.6.